The van der Waals surface area contributed by atoms with E-state index in [4.69, 9.17) is 9.59 Å². The molecule has 5 nitrogen and oxygen atoms in total. The van der Waals surface area contributed by atoms with E-state index in [0.29, 0.717) is 0 Å². The summed E-state index contributed by atoms with van der Waals surface area (Å²) in [6.07, 6.45) is 1.87. The molecule has 7 heteroatoms. The molecule has 0 saturated carbocycles. The van der Waals surface area contributed by atoms with Gasteiger partial charge in [0.15, 0.2) is 0 Å². The Bertz CT molecular complexity index is 1010. The van der Waals surface area contributed by atoms with Crippen molar-refractivity contribution in [1.82, 2.24) is 4.98 Å². The van der Waals surface area contributed by atoms with Gasteiger partial charge < -0.3 is 5.32 Å². The SMILES string of the molecule is Cc1ccc(C)c(-c2ccc(NC(=O)c3c(F)cccc3F)nc2)c1.O=C=O. The van der Waals surface area contributed by atoms with Crippen LogP contribution in [0.3, 0.4) is 0 Å². The smallest absolute Gasteiger partial charge is 0.306 e. The number of carbonyl (C=O) groups excluding carboxylic acids is 3. The molecule has 0 unspecified atom stereocenters. The molecule has 0 radical (unpaired) electrons. The molecule has 1 amide bonds. The number of anilines is 1. The lowest BCUT2D eigenvalue weighted by Gasteiger charge is -2.09. The molecule has 0 fully saturated rings. The van der Waals surface area contributed by atoms with Gasteiger partial charge in [-0.05, 0) is 49.2 Å². The Balaban J connectivity index is 0.000000878. The third kappa shape index (κ3) is 4.93. The van der Waals surface area contributed by atoms with E-state index in [1.807, 2.05) is 32.0 Å². The molecule has 28 heavy (non-hydrogen) atoms. The minimum absolute atomic E-state index is 0.224. The Morgan fingerprint density at radius 1 is 1.00 bits per heavy atom. The van der Waals surface area contributed by atoms with Gasteiger partial charge in [0.1, 0.15) is 23.0 Å². The van der Waals surface area contributed by atoms with Crippen molar-refractivity contribution in [2.45, 2.75) is 13.8 Å². The van der Waals surface area contributed by atoms with E-state index in [-0.39, 0.29) is 12.0 Å². The number of aromatic nitrogens is 1. The predicted molar refractivity (Wildman–Crippen MR) is 98.5 cm³/mol. The van der Waals surface area contributed by atoms with Gasteiger partial charge in [0.2, 0.25) is 0 Å². The molecule has 0 aliphatic rings. The summed E-state index contributed by atoms with van der Waals surface area (Å²) in [6, 6.07) is 12.8. The Labute approximate surface area is 160 Å². The lowest BCUT2D eigenvalue weighted by atomic mass is 10.00. The number of carbonyl (C=O) groups is 1. The van der Waals surface area contributed by atoms with Gasteiger partial charge in [-0.2, -0.15) is 9.59 Å². The summed E-state index contributed by atoms with van der Waals surface area (Å²) < 4.78 is 27.3. The molecule has 3 aromatic rings. The molecular formula is C21H16F2N2O3. The number of rotatable bonds is 3. The largest absolute Gasteiger partial charge is 0.373 e. The minimum atomic E-state index is -0.912. The first-order valence-corrected chi connectivity index (χ1v) is 8.15. The van der Waals surface area contributed by atoms with Crippen LogP contribution in [0.15, 0.2) is 54.7 Å². The van der Waals surface area contributed by atoms with Crippen molar-refractivity contribution in [2.24, 2.45) is 0 Å². The van der Waals surface area contributed by atoms with Crippen LogP contribution in [0.4, 0.5) is 14.6 Å². The third-order valence-corrected chi connectivity index (χ3v) is 3.90. The molecule has 142 valence electrons. The van der Waals surface area contributed by atoms with Crippen LogP contribution in [0.5, 0.6) is 0 Å². The van der Waals surface area contributed by atoms with Crippen LogP contribution in [0.25, 0.3) is 11.1 Å². The van der Waals surface area contributed by atoms with Gasteiger partial charge in [-0.25, -0.2) is 13.8 Å². The molecule has 3 rings (SSSR count). The van der Waals surface area contributed by atoms with Gasteiger partial charge in [0.25, 0.3) is 5.91 Å². The number of benzene rings is 2. The van der Waals surface area contributed by atoms with Crippen molar-refractivity contribution in [3.8, 4) is 11.1 Å². The van der Waals surface area contributed by atoms with Crippen LogP contribution < -0.4 is 5.32 Å². The zero-order valence-electron chi connectivity index (χ0n) is 15.1. The fraction of sp³-hybridized carbons (Fsp3) is 0.0952. The fourth-order valence-electron chi connectivity index (χ4n) is 2.57. The molecule has 1 heterocycles. The molecule has 0 spiro atoms. The number of hydrogen-bond donors (Lipinski definition) is 1. The second-order valence-corrected chi connectivity index (χ2v) is 5.88. The Morgan fingerprint density at radius 3 is 2.21 bits per heavy atom. The van der Waals surface area contributed by atoms with Gasteiger partial charge >= 0.3 is 6.15 Å². The molecule has 0 bridgehead atoms. The van der Waals surface area contributed by atoms with Crippen molar-refractivity contribution in [1.29, 1.82) is 0 Å². The summed E-state index contributed by atoms with van der Waals surface area (Å²) >= 11 is 0. The number of nitrogens with one attached hydrogen (secondary N) is 1. The Kier molecular flexibility index (Phi) is 6.84. The van der Waals surface area contributed by atoms with Gasteiger partial charge in [0, 0.05) is 11.8 Å². The second kappa shape index (κ2) is 9.30. The maximum Gasteiger partial charge on any atom is 0.373 e. The lowest BCUT2D eigenvalue weighted by Crippen LogP contribution is -2.16. The van der Waals surface area contributed by atoms with Crippen molar-refractivity contribution >= 4 is 17.9 Å². The first-order chi connectivity index (χ1) is 13.4. The van der Waals surface area contributed by atoms with E-state index >= 15 is 0 Å². The number of pyridine rings is 1. The normalized spacial score (nSPS) is 9.71. The average Bonchev–Trinajstić information content (AvgIpc) is 2.65. The van der Waals surface area contributed by atoms with E-state index in [1.165, 1.54) is 6.07 Å². The molecular weight excluding hydrogens is 366 g/mol. The summed E-state index contributed by atoms with van der Waals surface area (Å²) in [4.78, 5) is 32.5. The van der Waals surface area contributed by atoms with Gasteiger partial charge in [-0.3, -0.25) is 4.79 Å². The van der Waals surface area contributed by atoms with E-state index in [0.717, 1.165) is 34.4 Å². The second-order valence-electron chi connectivity index (χ2n) is 5.88. The topological polar surface area (TPSA) is 76.1 Å². The number of halogens is 2. The van der Waals surface area contributed by atoms with E-state index in [2.05, 4.69) is 16.4 Å². The van der Waals surface area contributed by atoms with Crippen LogP contribution in [-0.4, -0.2) is 17.0 Å². The molecule has 0 saturated heterocycles. The van der Waals surface area contributed by atoms with E-state index in [1.54, 1.807) is 12.3 Å². The average molecular weight is 382 g/mol. The Morgan fingerprint density at radius 2 is 1.64 bits per heavy atom. The maximum absolute atomic E-state index is 13.7. The fourth-order valence-corrected chi connectivity index (χ4v) is 2.57. The van der Waals surface area contributed by atoms with Crippen LogP contribution in [0, 0.1) is 25.5 Å². The molecule has 1 N–H and O–H groups in total. The summed E-state index contributed by atoms with van der Waals surface area (Å²) in [5.41, 5.74) is 3.57. The lowest BCUT2D eigenvalue weighted by molar-refractivity contribution is -0.191. The molecule has 0 aliphatic carbocycles. The summed E-state index contributed by atoms with van der Waals surface area (Å²) in [7, 11) is 0. The van der Waals surface area contributed by atoms with Crippen LogP contribution >= 0.6 is 0 Å². The van der Waals surface area contributed by atoms with Crippen molar-refractivity contribution in [3.05, 3.63) is 83.1 Å². The number of hydrogen-bond acceptors (Lipinski definition) is 4. The number of aryl methyl sites for hydroxylation is 2. The van der Waals surface area contributed by atoms with Crippen LogP contribution in [0.2, 0.25) is 0 Å². The van der Waals surface area contributed by atoms with Crippen LogP contribution in [0.1, 0.15) is 21.5 Å². The maximum atomic E-state index is 13.7. The summed E-state index contributed by atoms with van der Waals surface area (Å²) in [6.45, 7) is 4.01. The van der Waals surface area contributed by atoms with E-state index in [9.17, 15) is 13.6 Å². The highest BCUT2D eigenvalue weighted by Crippen LogP contribution is 2.25. The highest BCUT2D eigenvalue weighted by Gasteiger charge is 2.17. The van der Waals surface area contributed by atoms with Gasteiger partial charge in [0.05, 0.1) is 0 Å². The first-order valence-electron chi connectivity index (χ1n) is 8.15. The van der Waals surface area contributed by atoms with Crippen molar-refractivity contribution in [3.63, 3.8) is 0 Å². The number of nitrogens with zero attached hydrogens (tertiary/aromatic N) is 1. The molecule has 0 aliphatic heterocycles. The van der Waals surface area contributed by atoms with Crippen molar-refractivity contribution < 1.29 is 23.2 Å². The van der Waals surface area contributed by atoms with Gasteiger partial charge in [-0.1, -0.05) is 29.8 Å². The van der Waals surface area contributed by atoms with Crippen molar-refractivity contribution in [2.75, 3.05) is 5.32 Å². The molecule has 1 aromatic heterocycles. The van der Waals surface area contributed by atoms with Gasteiger partial charge in [-0.15, -0.1) is 0 Å². The Hall–Kier alpha value is -3.70. The predicted octanol–water partition coefficient (Wildman–Crippen LogP) is 4.31. The third-order valence-electron chi connectivity index (χ3n) is 3.90. The summed E-state index contributed by atoms with van der Waals surface area (Å²) in [5, 5.41) is 2.41. The first kappa shape index (κ1) is 20.6. The quantitative estimate of drug-likeness (QED) is 0.732. The molecule has 2 aromatic carbocycles. The molecule has 0 atom stereocenters. The zero-order chi connectivity index (χ0) is 20.7. The monoisotopic (exact) mass is 382 g/mol. The van der Waals surface area contributed by atoms with Crippen LogP contribution in [-0.2, 0) is 9.59 Å². The number of amides is 1. The zero-order valence-corrected chi connectivity index (χ0v) is 15.1. The standard InChI is InChI=1S/C20H16F2N2O.CO2/c1-12-6-7-13(2)15(10-12)14-8-9-18(23-11-14)24-20(25)19-16(21)4-3-5-17(19)22;2-1-3/h3-11H,1-2H3,(H,23,24,25);. The highest BCUT2D eigenvalue weighted by molar-refractivity contribution is 6.04. The highest BCUT2D eigenvalue weighted by atomic mass is 19.1. The summed E-state index contributed by atoms with van der Waals surface area (Å²) in [5.74, 6) is -2.47. The minimum Gasteiger partial charge on any atom is -0.306 e. The van der Waals surface area contributed by atoms with E-state index < -0.39 is 23.1 Å².